The Morgan fingerprint density at radius 2 is 1.83 bits per heavy atom. The van der Waals surface area contributed by atoms with Crippen molar-refractivity contribution in [2.24, 2.45) is 7.05 Å². The van der Waals surface area contributed by atoms with E-state index >= 15 is 0 Å². The molecule has 0 saturated carbocycles. The summed E-state index contributed by atoms with van der Waals surface area (Å²) in [7, 11) is 6.32. The minimum absolute atomic E-state index is 0.350. The number of carbonyl (C=O) groups is 2. The zero-order valence-corrected chi connectivity index (χ0v) is 18.5. The number of amides is 2. The number of anilines is 1. The van der Waals surface area contributed by atoms with Crippen LogP contribution in [0.4, 0.5) is 5.13 Å². The molecule has 10 heteroatoms. The molecule has 0 fully saturated rings. The van der Waals surface area contributed by atoms with Crippen molar-refractivity contribution in [1.29, 1.82) is 0 Å². The van der Waals surface area contributed by atoms with Gasteiger partial charge in [-0.15, -0.1) is 11.3 Å². The number of hydrogen-bond acceptors (Lipinski definition) is 7. The first-order valence-corrected chi connectivity index (χ1v) is 9.94. The van der Waals surface area contributed by atoms with E-state index in [0.29, 0.717) is 33.6 Å². The minimum Gasteiger partial charge on any atom is -0.493 e. The number of benzene rings is 1. The predicted octanol–water partition coefficient (Wildman–Crippen LogP) is 2.73. The molecule has 0 bridgehead atoms. The van der Waals surface area contributed by atoms with Crippen LogP contribution in [-0.2, 0) is 11.8 Å². The zero-order valence-electron chi connectivity index (χ0n) is 17.7. The zero-order chi connectivity index (χ0) is 22.0. The number of nitrogens with zero attached hydrogens (tertiary/aromatic N) is 2. The van der Waals surface area contributed by atoms with Gasteiger partial charge in [0.2, 0.25) is 11.7 Å². The van der Waals surface area contributed by atoms with Crippen molar-refractivity contribution in [3.05, 3.63) is 28.9 Å². The highest BCUT2D eigenvalue weighted by atomic mass is 32.1. The molecule has 0 aliphatic heterocycles. The Labute approximate surface area is 177 Å². The van der Waals surface area contributed by atoms with E-state index in [4.69, 9.17) is 14.2 Å². The van der Waals surface area contributed by atoms with Crippen LogP contribution in [0.2, 0.25) is 0 Å². The monoisotopic (exact) mass is 432 g/mol. The minimum atomic E-state index is -0.759. The first kappa shape index (κ1) is 21.4. The Hall–Kier alpha value is -3.27. The molecule has 0 radical (unpaired) electrons. The Morgan fingerprint density at radius 3 is 2.40 bits per heavy atom. The Balaban J connectivity index is 1.87. The smallest absolute Gasteiger partial charge is 0.268 e. The number of ether oxygens (including phenoxy) is 3. The Morgan fingerprint density at radius 1 is 1.13 bits per heavy atom. The number of rotatable bonds is 7. The summed E-state index contributed by atoms with van der Waals surface area (Å²) < 4.78 is 18.0. The molecule has 3 aromatic rings. The van der Waals surface area contributed by atoms with Crippen LogP contribution in [0.15, 0.2) is 18.3 Å². The number of methoxy groups -OCH3 is 3. The van der Waals surface area contributed by atoms with Crippen molar-refractivity contribution in [2.45, 2.75) is 19.9 Å². The summed E-state index contributed by atoms with van der Waals surface area (Å²) >= 11 is 1.37. The van der Waals surface area contributed by atoms with Gasteiger partial charge in [0, 0.05) is 23.5 Å². The SMILES string of the molecule is COc1cc2cc(C(=O)N[C@@H](C)C(=O)Nc3ncc(C)s3)n(C)c2c(OC)c1OC. The molecule has 0 spiro atoms. The second kappa shape index (κ2) is 8.62. The van der Waals surface area contributed by atoms with Gasteiger partial charge in [-0.25, -0.2) is 4.98 Å². The molecule has 160 valence electrons. The molecule has 1 aromatic carbocycles. The van der Waals surface area contributed by atoms with Crippen LogP contribution in [-0.4, -0.2) is 48.7 Å². The lowest BCUT2D eigenvalue weighted by atomic mass is 10.2. The van der Waals surface area contributed by atoms with Gasteiger partial charge in [0.25, 0.3) is 5.91 Å². The summed E-state index contributed by atoms with van der Waals surface area (Å²) in [5.41, 5.74) is 1.04. The molecular formula is C20H24N4O5S. The van der Waals surface area contributed by atoms with Crippen LogP contribution in [0.25, 0.3) is 10.9 Å². The maximum Gasteiger partial charge on any atom is 0.268 e. The van der Waals surface area contributed by atoms with Crippen molar-refractivity contribution < 1.29 is 23.8 Å². The largest absolute Gasteiger partial charge is 0.493 e. The first-order chi connectivity index (χ1) is 14.3. The third-order valence-electron chi connectivity index (χ3n) is 4.65. The molecule has 2 N–H and O–H groups in total. The summed E-state index contributed by atoms with van der Waals surface area (Å²) in [4.78, 5) is 30.4. The van der Waals surface area contributed by atoms with Crippen molar-refractivity contribution in [2.75, 3.05) is 26.6 Å². The number of nitrogens with one attached hydrogen (secondary N) is 2. The normalized spacial score (nSPS) is 11.8. The van der Waals surface area contributed by atoms with Gasteiger partial charge >= 0.3 is 0 Å². The second-order valence-electron chi connectivity index (χ2n) is 6.63. The fraction of sp³-hybridized carbons (Fsp3) is 0.350. The van der Waals surface area contributed by atoms with E-state index in [2.05, 4.69) is 15.6 Å². The van der Waals surface area contributed by atoms with Gasteiger partial charge in [-0.3, -0.25) is 9.59 Å². The van der Waals surface area contributed by atoms with Crippen LogP contribution in [0.1, 0.15) is 22.3 Å². The molecule has 2 heterocycles. The molecule has 2 aromatic heterocycles. The number of thiazole rings is 1. The number of aromatic nitrogens is 2. The lowest BCUT2D eigenvalue weighted by Gasteiger charge is -2.15. The fourth-order valence-corrected chi connectivity index (χ4v) is 3.83. The molecule has 0 saturated heterocycles. The van der Waals surface area contributed by atoms with Gasteiger partial charge in [0.05, 0.1) is 26.8 Å². The maximum atomic E-state index is 12.9. The standard InChI is InChI=1S/C20H24N4O5S/c1-10-9-21-20(30-10)23-18(25)11(2)22-19(26)13-7-12-8-14(27-4)16(28-5)17(29-6)15(12)24(13)3/h7-9,11H,1-6H3,(H,22,26)(H,21,23,25)/t11-/m0/s1. The molecule has 3 rings (SSSR count). The van der Waals surface area contributed by atoms with Gasteiger partial charge in [-0.05, 0) is 26.0 Å². The van der Waals surface area contributed by atoms with Crippen molar-refractivity contribution in [1.82, 2.24) is 14.9 Å². The summed E-state index contributed by atoms with van der Waals surface area (Å²) in [5.74, 6) is 0.639. The molecule has 2 amide bonds. The fourth-order valence-electron chi connectivity index (χ4n) is 3.16. The third kappa shape index (κ3) is 3.90. The maximum absolute atomic E-state index is 12.9. The van der Waals surface area contributed by atoms with Crippen LogP contribution in [0, 0.1) is 6.92 Å². The van der Waals surface area contributed by atoms with Crippen LogP contribution in [0.3, 0.4) is 0 Å². The van der Waals surface area contributed by atoms with Crippen LogP contribution < -0.4 is 24.8 Å². The first-order valence-electron chi connectivity index (χ1n) is 9.13. The van der Waals surface area contributed by atoms with E-state index in [0.717, 1.165) is 10.3 Å². The van der Waals surface area contributed by atoms with Gasteiger partial charge in [-0.2, -0.15) is 0 Å². The Kier molecular flexibility index (Phi) is 6.16. The Bertz CT molecular complexity index is 1100. The molecule has 9 nitrogen and oxygen atoms in total. The van der Waals surface area contributed by atoms with E-state index in [9.17, 15) is 9.59 Å². The average Bonchev–Trinajstić information content (AvgIpc) is 3.28. The lowest BCUT2D eigenvalue weighted by molar-refractivity contribution is -0.117. The molecule has 0 unspecified atom stereocenters. The number of fused-ring (bicyclic) bond motifs is 1. The molecule has 1 atom stereocenters. The molecule has 0 aliphatic carbocycles. The van der Waals surface area contributed by atoms with Crippen LogP contribution >= 0.6 is 11.3 Å². The highest BCUT2D eigenvalue weighted by Crippen LogP contribution is 2.44. The quantitative estimate of drug-likeness (QED) is 0.595. The summed E-state index contributed by atoms with van der Waals surface area (Å²) in [6, 6.07) is 2.73. The number of aryl methyl sites for hydroxylation is 2. The van der Waals surface area contributed by atoms with E-state index in [1.165, 1.54) is 32.7 Å². The third-order valence-corrected chi connectivity index (χ3v) is 5.48. The number of hydrogen-bond donors (Lipinski definition) is 2. The molecule has 0 aliphatic rings. The average molecular weight is 433 g/mol. The van der Waals surface area contributed by atoms with Crippen molar-refractivity contribution in [3.63, 3.8) is 0 Å². The number of carbonyl (C=O) groups excluding carboxylic acids is 2. The summed E-state index contributed by atoms with van der Waals surface area (Å²) in [5, 5.41) is 6.66. The van der Waals surface area contributed by atoms with E-state index in [1.807, 2.05) is 6.92 Å². The van der Waals surface area contributed by atoms with E-state index in [1.54, 1.807) is 36.9 Å². The van der Waals surface area contributed by atoms with Gasteiger partial charge in [-0.1, -0.05) is 0 Å². The van der Waals surface area contributed by atoms with Crippen molar-refractivity contribution >= 4 is 39.2 Å². The molecule has 30 heavy (non-hydrogen) atoms. The van der Waals surface area contributed by atoms with Crippen LogP contribution in [0.5, 0.6) is 17.2 Å². The van der Waals surface area contributed by atoms with Crippen molar-refractivity contribution in [3.8, 4) is 17.2 Å². The van der Waals surface area contributed by atoms with Gasteiger partial charge < -0.3 is 29.4 Å². The van der Waals surface area contributed by atoms with Gasteiger partial charge in [0.1, 0.15) is 11.7 Å². The second-order valence-corrected chi connectivity index (χ2v) is 7.87. The van der Waals surface area contributed by atoms with Gasteiger partial charge in [0.15, 0.2) is 16.6 Å². The topological polar surface area (TPSA) is 104 Å². The van der Waals surface area contributed by atoms with E-state index < -0.39 is 11.9 Å². The summed E-state index contributed by atoms with van der Waals surface area (Å²) in [6.45, 7) is 3.51. The van der Waals surface area contributed by atoms with E-state index in [-0.39, 0.29) is 5.91 Å². The lowest BCUT2D eigenvalue weighted by Crippen LogP contribution is -2.42. The molecular weight excluding hydrogens is 408 g/mol. The summed E-state index contributed by atoms with van der Waals surface area (Å²) in [6.07, 6.45) is 1.68. The highest BCUT2D eigenvalue weighted by Gasteiger charge is 2.24. The highest BCUT2D eigenvalue weighted by molar-refractivity contribution is 7.15. The predicted molar refractivity (Wildman–Crippen MR) is 115 cm³/mol.